The van der Waals surface area contributed by atoms with Crippen LogP contribution in [0.25, 0.3) is 0 Å². The van der Waals surface area contributed by atoms with Gasteiger partial charge in [-0.3, -0.25) is 0 Å². The third-order valence-electron chi connectivity index (χ3n) is 2.87. The van der Waals surface area contributed by atoms with Crippen molar-refractivity contribution in [2.75, 3.05) is 11.9 Å². The maximum atomic E-state index is 5.88. The van der Waals surface area contributed by atoms with E-state index in [2.05, 4.69) is 62.8 Å². The highest BCUT2D eigenvalue weighted by molar-refractivity contribution is 14.1. The monoisotopic (exact) mass is 380 g/mol. The van der Waals surface area contributed by atoms with Crippen molar-refractivity contribution in [1.29, 1.82) is 0 Å². The maximum Gasteiger partial charge on any atom is 0.0819 e. The number of benzene rings is 1. The average molecular weight is 381 g/mol. The predicted molar refractivity (Wildman–Crippen MR) is 74.6 cm³/mol. The van der Waals surface area contributed by atoms with Gasteiger partial charge < -0.3 is 4.74 Å². The number of halogens is 2. The van der Waals surface area contributed by atoms with Gasteiger partial charge in [-0.25, -0.2) is 0 Å². The second kappa shape index (κ2) is 5.15. The molecule has 1 aliphatic heterocycles. The summed E-state index contributed by atoms with van der Waals surface area (Å²) >= 11 is 5.91. The molecule has 0 N–H and O–H groups in total. The van der Waals surface area contributed by atoms with Crippen molar-refractivity contribution in [2.45, 2.75) is 24.9 Å². The summed E-state index contributed by atoms with van der Waals surface area (Å²) in [5.41, 5.74) is 1.42. The summed E-state index contributed by atoms with van der Waals surface area (Å²) < 4.78 is 7.16. The van der Waals surface area contributed by atoms with Gasteiger partial charge in [0.1, 0.15) is 0 Å². The molecule has 1 aliphatic rings. The molecule has 0 amide bonds. The third kappa shape index (κ3) is 2.94. The maximum absolute atomic E-state index is 5.88. The first-order valence-corrected chi connectivity index (χ1v) is 7.38. The van der Waals surface area contributed by atoms with Gasteiger partial charge in [-0.2, -0.15) is 0 Å². The van der Waals surface area contributed by atoms with E-state index in [1.165, 1.54) is 22.0 Å². The van der Waals surface area contributed by atoms with Crippen LogP contribution in [0.2, 0.25) is 0 Å². The Morgan fingerprint density at radius 1 is 1.33 bits per heavy atom. The number of ether oxygens (including phenoxy) is 1. The molecule has 2 rings (SSSR count). The largest absolute Gasteiger partial charge is 0.374 e. The fourth-order valence-electron chi connectivity index (χ4n) is 2.02. The summed E-state index contributed by atoms with van der Waals surface area (Å²) in [5.74, 6) is 0. The molecular formula is C12H14BrIO. The average Bonchev–Trinajstić information content (AvgIpc) is 2.71. The van der Waals surface area contributed by atoms with Gasteiger partial charge in [-0.15, -0.1) is 0 Å². The van der Waals surface area contributed by atoms with Crippen LogP contribution in [0.4, 0.5) is 0 Å². The standard InChI is InChI=1S/C12H14BrIO/c13-9-12(6-1-7-15-12)8-10-2-4-11(14)5-3-10/h2-5H,1,6-9H2. The molecule has 1 aromatic carbocycles. The summed E-state index contributed by atoms with van der Waals surface area (Å²) in [4.78, 5) is 0. The lowest BCUT2D eigenvalue weighted by Gasteiger charge is -2.26. The number of alkyl halides is 1. The van der Waals surface area contributed by atoms with Crippen molar-refractivity contribution in [3.63, 3.8) is 0 Å². The Kier molecular flexibility index (Phi) is 4.07. The minimum Gasteiger partial charge on any atom is -0.374 e. The molecule has 1 aromatic rings. The zero-order valence-electron chi connectivity index (χ0n) is 8.51. The number of hydrogen-bond donors (Lipinski definition) is 0. The van der Waals surface area contributed by atoms with E-state index in [1.807, 2.05) is 0 Å². The van der Waals surface area contributed by atoms with Crippen LogP contribution in [0.15, 0.2) is 24.3 Å². The summed E-state index contributed by atoms with van der Waals surface area (Å²) in [6.07, 6.45) is 3.38. The van der Waals surface area contributed by atoms with Gasteiger partial charge >= 0.3 is 0 Å². The zero-order valence-corrected chi connectivity index (χ0v) is 12.3. The highest BCUT2D eigenvalue weighted by atomic mass is 127. The molecule has 1 atom stereocenters. The fraction of sp³-hybridized carbons (Fsp3) is 0.500. The Balaban J connectivity index is 2.09. The van der Waals surface area contributed by atoms with E-state index in [1.54, 1.807) is 0 Å². The van der Waals surface area contributed by atoms with E-state index in [0.717, 1.165) is 18.4 Å². The molecule has 0 aromatic heterocycles. The minimum absolute atomic E-state index is 0.0484. The molecule has 1 heterocycles. The van der Waals surface area contributed by atoms with E-state index in [9.17, 15) is 0 Å². The van der Waals surface area contributed by atoms with Crippen LogP contribution in [-0.2, 0) is 11.2 Å². The topological polar surface area (TPSA) is 9.23 Å². The Hall–Kier alpha value is 0.390. The summed E-state index contributed by atoms with van der Waals surface area (Å²) in [6, 6.07) is 8.72. The first-order valence-electron chi connectivity index (χ1n) is 5.18. The van der Waals surface area contributed by atoms with Crippen LogP contribution in [0.3, 0.4) is 0 Å². The van der Waals surface area contributed by atoms with Crippen molar-refractivity contribution in [2.24, 2.45) is 0 Å². The molecular weight excluding hydrogens is 367 g/mol. The third-order valence-corrected chi connectivity index (χ3v) is 4.61. The molecule has 1 nitrogen and oxygen atoms in total. The lowest BCUT2D eigenvalue weighted by molar-refractivity contribution is 0.0259. The molecule has 15 heavy (non-hydrogen) atoms. The van der Waals surface area contributed by atoms with Crippen LogP contribution in [0.5, 0.6) is 0 Å². The van der Waals surface area contributed by atoms with Crippen molar-refractivity contribution in [3.8, 4) is 0 Å². The van der Waals surface area contributed by atoms with Gasteiger partial charge in [-0.05, 0) is 53.1 Å². The van der Waals surface area contributed by atoms with Crippen LogP contribution < -0.4 is 0 Å². The summed E-state index contributed by atoms with van der Waals surface area (Å²) in [5, 5.41) is 0.936. The van der Waals surface area contributed by atoms with E-state index < -0.39 is 0 Å². The first-order chi connectivity index (χ1) is 7.24. The molecule has 0 spiro atoms. The van der Waals surface area contributed by atoms with Crippen molar-refractivity contribution >= 4 is 38.5 Å². The van der Waals surface area contributed by atoms with Crippen LogP contribution >= 0.6 is 38.5 Å². The van der Waals surface area contributed by atoms with Crippen LogP contribution in [0.1, 0.15) is 18.4 Å². The lowest BCUT2D eigenvalue weighted by Crippen LogP contribution is -2.32. The molecule has 0 aliphatic carbocycles. The second-order valence-electron chi connectivity index (χ2n) is 4.07. The van der Waals surface area contributed by atoms with Crippen LogP contribution in [-0.4, -0.2) is 17.5 Å². The lowest BCUT2D eigenvalue weighted by atomic mass is 9.94. The quantitative estimate of drug-likeness (QED) is 0.572. The van der Waals surface area contributed by atoms with Crippen molar-refractivity contribution in [3.05, 3.63) is 33.4 Å². The smallest absolute Gasteiger partial charge is 0.0819 e. The normalized spacial score (nSPS) is 25.7. The summed E-state index contributed by atoms with van der Waals surface area (Å²) in [7, 11) is 0. The van der Waals surface area contributed by atoms with Gasteiger partial charge in [0, 0.05) is 21.9 Å². The molecule has 0 radical (unpaired) electrons. The Morgan fingerprint density at radius 3 is 2.60 bits per heavy atom. The van der Waals surface area contributed by atoms with Crippen molar-refractivity contribution in [1.82, 2.24) is 0 Å². The molecule has 3 heteroatoms. The Bertz CT molecular complexity index is 317. The van der Waals surface area contributed by atoms with Gasteiger partial charge in [0.05, 0.1) is 5.60 Å². The SMILES string of the molecule is BrCC1(Cc2ccc(I)cc2)CCCO1. The number of rotatable bonds is 3. The first kappa shape index (κ1) is 11.9. The number of hydrogen-bond acceptors (Lipinski definition) is 1. The van der Waals surface area contributed by atoms with E-state index in [4.69, 9.17) is 4.74 Å². The predicted octanol–water partition coefficient (Wildman–Crippen LogP) is 3.78. The molecule has 1 unspecified atom stereocenters. The Labute approximate surface area is 113 Å². The van der Waals surface area contributed by atoms with E-state index >= 15 is 0 Å². The van der Waals surface area contributed by atoms with E-state index in [-0.39, 0.29) is 5.60 Å². The fourth-order valence-corrected chi connectivity index (χ4v) is 3.02. The van der Waals surface area contributed by atoms with Crippen molar-refractivity contribution < 1.29 is 4.74 Å². The second-order valence-corrected chi connectivity index (χ2v) is 5.88. The van der Waals surface area contributed by atoms with Gasteiger partial charge in [0.25, 0.3) is 0 Å². The van der Waals surface area contributed by atoms with Gasteiger partial charge in [0.15, 0.2) is 0 Å². The highest BCUT2D eigenvalue weighted by Gasteiger charge is 2.33. The molecule has 82 valence electrons. The molecule has 1 fully saturated rings. The van der Waals surface area contributed by atoms with Crippen LogP contribution in [0, 0.1) is 3.57 Å². The summed E-state index contributed by atoms with van der Waals surface area (Å²) in [6.45, 7) is 0.913. The molecule has 0 saturated carbocycles. The molecule has 0 bridgehead atoms. The van der Waals surface area contributed by atoms with Gasteiger partial charge in [0.2, 0.25) is 0 Å². The molecule has 1 saturated heterocycles. The zero-order chi connectivity index (χ0) is 10.7. The Morgan fingerprint density at radius 2 is 2.07 bits per heavy atom. The van der Waals surface area contributed by atoms with Gasteiger partial charge in [-0.1, -0.05) is 28.1 Å². The van der Waals surface area contributed by atoms with E-state index in [0.29, 0.717) is 0 Å². The minimum atomic E-state index is 0.0484. The highest BCUT2D eigenvalue weighted by Crippen LogP contribution is 2.31.